The van der Waals surface area contributed by atoms with Crippen molar-refractivity contribution in [2.45, 2.75) is 38.2 Å². The molecule has 1 rings (SSSR count). The lowest BCUT2D eigenvalue weighted by atomic mass is 9.79. The number of hydrogen-bond acceptors (Lipinski definition) is 4. The summed E-state index contributed by atoms with van der Waals surface area (Å²) in [5.74, 6) is -1.13. The second-order valence-corrected chi connectivity index (χ2v) is 5.35. The number of nitrogens with zero attached hydrogens (tertiary/aromatic N) is 1. The Kier molecular flexibility index (Phi) is 5.75. The van der Waals surface area contributed by atoms with Gasteiger partial charge in [0.15, 0.2) is 0 Å². The van der Waals surface area contributed by atoms with E-state index in [1.54, 1.807) is 11.9 Å². The highest BCUT2D eigenvalue weighted by atomic mass is 16.4. The summed E-state index contributed by atoms with van der Waals surface area (Å²) in [6.07, 6.45) is 1.93. The average Bonchev–Trinajstić information content (AvgIpc) is 2.37. The summed E-state index contributed by atoms with van der Waals surface area (Å²) in [6, 6.07) is 0. The predicted octanol–water partition coefficient (Wildman–Crippen LogP) is 0.0602. The molecule has 110 valence electrons. The minimum Gasteiger partial charge on any atom is -0.481 e. The zero-order valence-electron chi connectivity index (χ0n) is 11.7. The zero-order chi connectivity index (χ0) is 14.5. The number of carboxylic acid groups (broad SMARTS) is 1. The van der Waals surface area contributed by atoms with Crippen LogP contribution in [-0.2, 0) is 9.59 Å². The van der Waals surface area contributed by atoms with Crippen LogP contribution >= 0.6 is 0 Å². The lowest BCUT2D eigenvalue weighted by Crippen LogP contribution is -2.47. The van der Waals surface area contributed by atoms with Crippen LogP contribution < -0.4 is 5.32 Å². The van der Waals surface area contributed by atoms with Gasteiger partial charge in [-0.05, 0) is 32.6 Å². The van der Waals surface area contributed by atoms with Crippen LogP contribution in [-0.4, -0.2) is 59.3 Å². The summed E-state index contributed by atoms with van der Waals surface area (Å²) >= 11 is 0. The van der Waals surface area contributed by atoms with Gasteiger partial charge < -0.3 is 20.4 Å². The summed E-state index contributed by atoms with van der Waals surface area (Å²) in [5, 5.41) is 22.2. The molecule has 0 aromatic rings. The molecule has 1 aliphatic rings. The molecule has 0 heterocycles. The minimum atomic E-state index is -0.878. The highest BCUT2D eigenvalue weighted by molar-refractivity contribution is 5.77. The third-order valence-electron chi connectivity index (χ3n) is 3.90. The van der Waals surface area contributed by atoms with Crippen molar-refractivity contribution in [2.75, 3.05) is 26.7 Å². The van der Waals surface area contributed by atoms with E-state index in [1.807, 2.05) is 6.92 Å². The van der Waals surface area contributed by atoms with Crippen molar-refractivity contribution < 1.29 is 19.8 Å². The third kappa shape index (κ3) is 4.80. The Bertz CT molecular complexity index is 325. The average molecular weight is 272 g/mol. The standard InChI is InChI=1S/C13H24N2O4/c1-3-15(2)11(16)8-14-9-13(19)6-4-10(5-7-13)12(17)18/h10,14,19H,3-9H2,1-2H3,(H,17,18). The van der Waals surface area contributed by atoms with Gasteiger partial charge in [-0.1, -0.05) is 0 Å². The molecule has 0 saturated heterocycles. The molecular formula is C13H24N2O4. The van der Waals surface area contributed by atoms with E-state index in [1.165, 1.54) is 0 Å². The van der Waals surface area contributed by atoms with E-state index in [0.717, 1.165) is 0 Å². The van der Waals surface area contributed by atoms with Gasteiger partial charge in [0.2, 0.25) is 5.91 Å². The van der Waals surface area contributed by atoms with Crippen LogP contribution in [0.15, 0.2) is 0 Å². The molecule has 0 spiro atoms. The number of aliphatic carboxylic acids is 1. The summed E-state index contributed by atoms with van der Waals surface area (Å²) in [4.78, 5) is 24.0. The monoisotopic (exact) mass is 272 g/mol. The molecule has 0 aromatic heterocycles. The van der Waals surface area contributed by atoms with Gasteiger partial charge in [0.05, 0.1) is 18.1 Å². The number of rotatable bonds is 6. The Morgan fingerprint density at radius 1 is 1.37 bits per heavy atom. The third-order valence-corrected chi connectivity index (χ3v) is 3.90. The number of carbonyl (C=O) groups excluding carboxylic acids is 1. The van der Waals surface area contributed by atoms with Gasteiger partial charge in [0, 0.05) is 20.1 Å². The van der Waals surface area contributed by atoms with E-state index >= 15 is 0 Å². The zero-order valence-corrected chi connectivity index (χ0v) is 11.7. The SMILES string of the molecule is CCN(C)C(=O)CNCC1(O)CCC(C(=O)O)CC1. The molecule has 1 aliphatic carbocycles. The molecule has 1 amide bonds. The van der Waals surface area contributed by atoms with E-state index in [2.05, 4.69) is 5.32 Å². The predicted molar refractivity (Wildman–Crippen MR) is 70.7 cm³/mol. The molecular weight excluding hydrogens is 248 g/mol. The Morgan fingerprint density at radius 2 is 1.95 bits per heavy atom. The number of carbonyl (C=O) groups is 2. The van der Waals surface area contributed by atoms with E-state index in [9.17, 15) is 14.7 Å². The molecule has 0 radical (unpaired) electrons. The van der Waals surface area contributed by atoms with Gasteiger partial charge in [0.1, 0.15) is 0 Å². The Hall–Kier alpha value is -1.14. The summed E-state index contributed by atoms with van der Waals surface area (Å²) in [6.45, 7) is 3.10. The normalized spacial score (nSPS) is 27.0. The van der Waals surface area contributed by atoms with E-state index in [0.29, 0.717) is 38.8 Å². The second-order valence-electron chi connectivity index (χ2n) is 5.35. The number of carboxylic acids is 1. The molecule has 0 aromatic carbocycles. The molecule has 6 heteroatoms. The fraction of sp³-hybridized carbons (Fsp3) is 0.846. The van der Waals surface area contributed by atoms with Crippen molar-refractivity contribution in [1.29, 1.82) is 0 Å². The number of likely N-dealkylation sites (N-methyl/N-ethyl adjacent to an activating group) is 1. The maximum Gasteiger partial charge on any atom is 0.306 e. The van der Waals surface area contributed by atoms with Crippen molar-refractivity contribution >= 4 is 11.9 Å². The summed E-state index contributed by atoms with van der Waals surface area (Å²) < 4.78 is 0. The maximum atomic E-state index is 11.6. The number of nitrogens with one attached hydrogen (secondary N) is 1. The molecule has 0 unspecified atom stereocenters. The van der Waals surface area contributed by atoms with E-state index in [4.69, 9.17) is 5.11 Å². The molecule has 1 fully saturated rings. The van der Waals surface area contributed by atoms with Crippen molar-refractivity contribution in [2.24, 2.45) is 5.92 Å². The molecule has 19 heavy (non-hydrogen) atoms. The number of amides is 1. The smallest absolute Gasteiger partial charge is 0.306 e. The van der Waals surface area contributed by atoms with Gasteiger partial charge in [-0.2, -0.15) is 0 Å². The van der Waals surface area contributed by atoms with Crippen LogP contribution in [0.1, 0.15) is 32.6 Å². The first-order valence-electron chi connectivity index (χ1n) is 6.78. The van der Waals surface area contributed by atoms with Gasteiger partial charge in [0.25, 0.3) is 0 Å². The first-order chi connectivity index (χ1) is 8.88. The van der Waals surface area contributed by atoms with Crippen LogP contribution in [0.2, 0.25) is 0 Å². The largest absolute Gasteiger partial charge is 0.481 e. The fourth-order valence-corrected chi connectivity index (χ4v) is 2.29. The number of aliphatic hydroxyl groups is 1. The molecule has 0 bridgehead atoms. The topological polar surface area (TPSA) is 89.9 Å². The lowest BCUT2D eigenvalue weighted by Gasteiger charge is -2.34. The Morgan fingerprint density at radius 3 is 2.42 bits per heavy atom. The quantitative estimate of drug-likeness (QED) is 0.636. The Balaban J connectivity index is 2.30. The van der Waals surface area contributed by atoms with Crippen LogP contribution in [0.25, 0.3) is 0 Å². The van der Waals surface area contributed by atoms with Crippen LogP contribution in [0, 0.1) is 5.92 Å². The van der Waals surface area contributed by atoms with Gasteiger partial charge in [-0.15, -0.1) is 0 Å². The highest BCUT2D eigenvalue weighted by Crippen LogP contribution is 2.31. The van der Waals surface area contributed by atoms with Crippen molar-refractivity contribution in [3.8, 4) is 0 Å². The number of hydrogen-bond donors (Lipinski definition) is 3. The van der Waals surface area contributed by atoms with Gasteiger partial charge in [-0.3, -0.25) is 9.59 Å². The first-order valence-corrected chi connectivity index (χ1v) is 6.78. The van der Waals surface area contributed by atoms with E-state index in [-0.39, 0.29) is 18.4 Å². The first kappa shape index (κ1) is 15.9. The second kappa shape index (κ2) is 6.86. The summed E-state index contributed by atoms with van der Waals surface area (Å²) in [7, 11) is 1.73. The molecule has 0 aliphatic heterocycles. The summed E-state index contributed by atoms with van der Waals surface area (Å²) in [5.41, 5.74) is -0.878. The minimum absolute atomic E-state index is 0.00896. The van der Waals surface area contributed by atoms with E-state index < -0.39 is 11.6 Å². The van der Waals surface area contributed by atoms with Crippen LogP contribution in [0.3, 0.4) is 0 Å². The maximum absolute atomic E-state index is 11.6. The van der Waals surface area contributed by atoms with Crippen molar-refractivity contribution in [1.82, 2.24) is 10.2 Å². The molecule has 3 N–H and O–H groups in total. The molecule has 6 nitrogen and oxygen atoms in total. The van der Waals surface area contributed by atoms with Crippen molar-refractivity contribution in [3.05, 3.63) is 0 Å². The Labute approximate surface area is 113 Å². The van der Waals surface area contributed by atoms with Gasteiger partial charge >= 0.3 is 5.97 Å². The van der Waals surface area contributed by atoms with Crippen LogP contribution in [0.4, 0.5) is 0 Å². The van der Waals surface area contributed by atoms with Gasteiger partial charge in [-0.25, -0.2) is 0 Å². The highest BCUT2D eigenvalue weighted by Gasteiger charge is 2.35. The van der Waals surface area contributed by atoms with Crippen molar-refractivity contribution in [3.63, 3.8) is 0 Å². The lowest BCUT2D eigenvalue weighted by molar-refractivity contribution is -0.144. The molecule has 0 atom stereocenters. The fourth-order valence-electron chi connectivity index (χ4n) is 2.29. The van der Waals surface area contributed by atoms with Crippen LogP contribution in [0.5, 0.6) is 0 Å². The molecule has 1 saturated carbocycles.